The van der Waals surface area contributed by atoms with Gasteiger partial charge in [-0.2, -0.15) is 0 Å². The molecule has 0 fully saturated rings. The van der Waals surface area contributed by atoms with Gasteiger partial charge in [0.2, 0.25) is 0 Å². The largest absolute Gasteiger partial charge is 0.477 e. The van der Waals surface area contributed by atoms with E-state index in [2.05, 4.69) is 62.5 Å². The molecular formula is C53H96NO8+. The number of carbonyl (C=O) groups excluding carboxylic acids is 2. The number of nitrogens with zero attached hydrogens (tertiary/aromatic N) is 1. The van der Waals surface area contributed by atoms with Gasteiger partial charge < -0.3 is 28.5 Å². The van der Waals surface area contributed by atoms with Gasteiger partial charge in [-0.25, -0.2) is 4.79 Å². The fraction of sp³-hybridized carbons (Fsp3) is 0.792. The molecule has 62 heavy (non-hydrogen) atoms. The van der Waals surface area contributed by atoms with Crippen molar-refractivity contribution in [3.05, 3.63) is 48.6 Å². The summed E-state index contributed by atoms with van der Waals surface area (Å²) < 4.78 is 22.8. The van der Waals surface area contributed by atoms with E-state index in [0.29, 0.717) is 23.9 Å². The molecule has 0 radical (unpaired) electrons. The number of hydrogen-bond acceptors (Lipinski definition) is 7. The Labute approximate surface area is 381 Å². The minimum absolute atomic E-state index is 0.184. The highest BCUT2D eigenvalue weighted by Gasteiger charge is 2.25. The topological polar surface area (TPSA) is 108 Å². The number of esters is 2. The summed E-state index contributed by atoms with van der Waals surface area (Å²) in [6.07, 6.45) is 50.2. The minimum atomic E-state index is -1.51. The predicted octanol–water partition coefficient (Wildman–Crippen LogP) is 13.9. The van der Waals surface area contributed by atoms with E-state index < -0.39 is 24.3 Å². The molecule has 0 saturated heterocycles. The number of ether oxygens (including phenoxy) is 4. The average molecular weight is 875 g/mol. The van der Waals surface area contributed by atoms with Crippen molar-refractivity contribution < 1.29 is 42.9 Å². The fourth-order valence-corrected chi connectivity index (χ4v) is 6.84. The molecule has 0 heterocycles. The standard InChI is InChI=1S/C53H95NO8/c1-6-8-10-12-14-16-18-20-22-24-26-28-30-32-34-36-38-40-42-44-51(56)62-49(48-61-53(52(57)58)59-46-45-54(3,4)5)47-60-50(55)43-41-39-37-35-33-31-29-27-25-23-21-19-17-15-13-11-9-7-2/h14,16-17,19-20,22-23,25,49,53H,6-13,15,18,21,24,26-48H2,1-5H3/p+1/b16-14-,19-17-,22-20-,25-23-. The molecule has 0 aromatic heterocycles. The van der Waals surface area contributed by atoms with Crippen LogP contribution in [-0.2, 0) is 33.3 Å². The van der Waals surface area contributed by atoms with Crippen LogP contribution in [-0.4, -0.2) is 87.4 Å². The fourth-order valence-electron chi connectivity index (χ4n) is 6.84. The molecule has 0 bridgehead atoms. The average Bonchev–Trinajstić information content (AvgIpc) is 3.23. The van der Waals surface area contributed by atoms with Crippen LogP contribution in [0.2, 0.25) is 0 Å². The molecule has 2 unspecified atom stereocenters. The lowest BCUT2D eigenvalue weighted by Crippen LogP contribution is -2.40. The molecule has 0 aliphatic heterocycles. The van der Waals surface area contributed by atoms with Crippen LogP contribution in [0.3, 0.4) is 0 Å². The number of rotatable bonds is 46. The molecule has 9 heteroatoms. The molecule has 0 aliphatic rings. The normalized spacial score (nSPS) is 13.2. The molecular weight excluding hydrogens is 779 g/mol. The van der Waals surface area contributed by atoms with Crippen LogP contribution in [0.5, 0.6) is 0 Å². The van der Waals surface area contributed by atoms with E-state index in [1.54, 1.807) is 0 Å². The Morgan fingerprint density at radius 1 is 0.484 bits per heavy atom. The zero-order chi connectivity index (χ0) is 45.6. The minimum Gasteiger partial charge on any atom is -0.477 e. The van der Waals surface area contributed by atoms with Crippen LogP contribution in [0.4, 0.5) is 0 Å². The number of quaternary nitrogens is 1. The second-order valence-corrected chi connectivity index (χ2v) is 18.1. The number of carboxylic acid groups (broad SMARTS) is 1. The zero-order valence-corrected chi connectivity index (χ0v) is 40.8. The van der Waals surface area contributed by atoms with Gasteiger partial charge >= 0.3 is 17.9 Å². The summed E-state index contributed by atoms with van der Waals surface area (Å²) in [5, 5.41) is 9.66. The monoisotopic (exact) mass is 875 g/mol. The van der Waals surface area contributed by atoms with Gasteiger partial charge in [0.05, 0.1) is 34.4 Å². The van der Waals surface area contributed by atoms with Crippen molar-refractivity contribution in [2.45, 2.75) is 225 Å². The third-order valence-corrected chi connectivity index (χ3v) is 10.8. The third-order valence-electron chi connectivity index (χ3n) is 10.8. The maximum atomic E-state index is 12.8. The highest BCUT2D eigenvalue weighted by atomic mass is 16.7. The van der Waals surface area contributed by atoms with E-state index in [9.17, 15) is 19.5 Å². The van der Waals surface area contributed by atoms with Gasteiger partial charge in [-0.1, -0.05) is 172 Å². The highest BCUT2D eigenvalue weighted by molar-refractivity contribution is 5.71. The number of likely N-dealkylation sites (N-methyl/N-ethyl adjacent to an activating group) is 1. The number of carboxylic acids is 1. The van der Waals surface area contributed by atoms with Crippen LogP contribution in [0.1, 0.15) is 213 Å². The van der Waals surface area contributed by atoms with Crippen LogP contribution in [0, 0.1) is 0 Å². The van der Waals surface area contributed by atoms with Gasteiger partial charge in [0.15, 0.2) is 6.10 Å². The quantitative estimate of drug-likeness (QED) is 0.0212. The van der Waals surface area contributed by atoms with Gasteiger partial charge in [-0.05, 0) is 77.0 Å². The van der Waals surface area contributed by atoms with Crippen molar-refractivity contribution >= 4 is 17.9 Å². The molecule has 1 N–H and O–H groups in total. The molecule has 0 aliphatic carbocycles. The van der Waals surface area contributed by atoms with E-state index in [0.717, 1.165) is 70.6 Å². The lowest BCUT2D eigenvalue weighted by atomic mass is 10.1. The molecule has 0 spiro atoms. The Morgan fingerprint density at radius 2 is 0.871 bits per heavy atom. The first-order valence-corrected chi connectivity index (χ1v) is 25.3. The summed E-state index contributed by atoms with van der Waals surface area (Å²) in [7, 11) is 5.96. The van der Waals surface area contributed by atoms with Crippen molar-refractivity contribution in [1.29, 1.82) is 0 Å². The summed E-state index contributed by atoms with van der Waals surface area (Å²) in [6.45, 7) is 4.83. The van der Waals surface area contributed by atoms with E-state index in [1.807, 2.05) is 21.1 Å². The Kier molecular flexibility index (Phi) is 42.9. The first-order valence-electron chi connectivity index (χ1n) is 25.3. The van der Waals surface area contributed by atoms with Crippen molar-refractivity contribution in [3.8, 4) is 0 Å². The predicted molar refractivity (Wildman–Crippen MR) is 258 cm³/mol. The number of aliphatic carboxylic acids is 1. The zero-order valence-electron chi connectivity index (χ0n) is 40.8. The molecule has 0 aromatic carbocycles. The van der Waals surface area contributed by atoms with Crippen molar-refractivity contribution in [3.63, 3.8) is 0 Å². The highest BCUT2D eigenvalue weighted by Crippen LogP contribution is 2.14. The summed E-state index contributed by atoms with van der Waals surface area (Å²) >= 11 is 0. The summed E-state index contributed by atoms with van der Waals surface area (Å²) in [5.74, 6) is -2.02. The van der Waals surface area contributed by atoms with Gasteiger partial charge in [-0.15, -0.1) is 0 Å². The first kappa shape index (κ1) is 59.2. The molecule has 0 saturated carbocycles. The van der Waals surface area contributed by atoms with Crippen LogP contribution in [0.15, 0.2) is 48.6 Å². The maximum Gasteiger partial charge on any atom is 0.361 e. The second kappa shape index (κ2) is 44.8. The van der Waals surface area contributed by atoms with Gasteiger partial charge in [0.1, 0.15) is 13.2 Å². The van der Waals surface area contributed by atoms with E-state index in [1.165, 1.54) is 109 Å². The number of unbranched alkanes of at least 4 members (excludes halogenated alkanes) is 23. The summed E-state index contributed by atoms with van der Waals surface area (Å²) in [6, 6.07) is 0. The van der Waals surface area contributed by atoms with Crippen molar-refractivity contribution in [2.75, 3.05) is 47.5 Å². The molecule has 360 valence electrons. The molecule has 2 atom stereocenters. The van der Waals surface area contributed by atoms with Crippen LogP contribution >= 0.6 is 0 Å². The Balaban J connectivity index is 4.38. The maximum absolute atomic E-state index is 12.8. The van der Waals surface area contributed by atoms with Crippen LogP contribution < -0.4 is 0 Å². The third kappa shape index (κ3) is 45.3. The SMILES string of the molecule is CCCCC/C=C\C/C=C\CCCCCCCCCCCC(=O)OC(COC(=O)CCCCCCCCC/C=C\C/C=C\CCCCCC)COC(OCC[N+](C)(C)C)C(=O)O. The van der Waals surface area contributed by atoms with Gasteiger partial charge in [0.25, 0.3) is 6.29 Å². The van der Waals surface area contributed by atoms with Crippen molar-refractivity contribution in [2.24, 2.45) is 0 Å². The first-order chi connectivity index (χ1) is 30.1. The molecule has 9 nitrogen and oxygen atoms in total. The Morgan fingerprint density at radius 3 is 1.31 bits per heavy atom. The molecule has 0 amide bonds. The van der Waals surface area contributed by atoms with E-state index >= 15 is 0 Å². The van der Waals surface area contributed by atoms with Gasteiger partial charge in [0, 0.05) is 12.8 Å². The number of allylic oxidation sites excluding steroid dienone is 8. The molecule has 0 aromatic rings. The lowest BCUT2D eigenvalue weighted by molar-refractivity contribution is -0.870. The summed E-state index contributed by atoms with van der Waals surface area (Å²) in [4.78, 5) is 37.3. The van der Waals surface area contributed by atoms with Crippen LogP contribution in [0.25, 0.3) is 0 Å². The lowest BCUT2D eigenvalue weighted by Gasteiger charge is -2.25. The summed E-state index contributed by atoms with van der Waals surface area (Å²) in [5.41, 5.74) is 0. The van der Waals surface area contributed by atoms with Gasteiger partial charge in [-0.3, -0.25) is 9.59 Å². The number of hydrogen-bond donors (Lipinski definition) is 1. The molecule has 0 rings (SSSR count). The Bertz CT molecular complexity index is 1160. The van der Waals surface area contributed by atoms with Crippen molar-refractivity contribution in [1.82, 2.24) is 0 Å². The van der Waals surface area contributed by atoms with E-state index in [4.69, 9.17) is 18.9 Å². The smallest absolute Gasteiger partial charge is 0.361 e. The van der Waals surface area contributed by atoms with E-state index in [-0.39, 0.29) is 32.2 Å². The number of carbonyl (C=O) groups is 3. The second-order valence-electron chi connectivity index (χ2n) is 18.1. The Hall–Kier alpha value is -2.75.